The molecule has 0 aliphatic carbocycles. The van der Waals surface area contributed by atoms with Crippen LogP contribution in [0, 0.1) is 45.3 Å². The van der Waals surface area contributed by atoms with Gasteiger partial charge in [0.15, 0.2) is 0 Å². The largest absolute Gasteiger partial charge is 0.307 e. The number of rotatable bonds is 5. The van der Waals surface area contributed by atoms with Gasteiger partial charge in [-0.2, -0.15) is 21.0 Å². The number of hydrogen-bond donors (Lipinski definition) is 0. The fraction of sp³-hybridized carbons (Fsp3) is 0. The SMILES string of the molecule is N#Cc1cc(-n2c3ccccc3c3ccccc32)c(-n2c3ccccc3c3ccccc32)c(-c2c(C#N)c(C#N)cc(-n3c4ccccc4c4ccccc43)c2-n2c3ccccc3c3ccccc32)c1C#N. The van der Waals surface area contributed by atoms with Crippen LogP contribution in [0.4, 0.5) is 0 Å². The van der Waals surface area contributed by atoms with Gasteiger partial charge in [0, 0.05) is 54.2 Å². The van der Waals surface area contributed by atoms with Crippen molar-refractivity contribution in [3.63, 3.8) is 0 Å². The summed E-state index contributed by atoms with van der Waals surface area (Å²) in [4.78, 5) is 0. The molecule has 0 fully saturated rings. The van der Waals surface area contributed by atoms with Crippen LogP contribution in [0.5, 0.6) is 0 Å². The highest BCUT2D eigenvalue weighted by Gasteiger charge is 2.34. The zero-order chi connectivity index (χ0) is 48.2. The number of nitrogens with zero attached hydrogens (tertiary/aromatic N) is 8. The molecule has 4 aromatic heterocycles. The molecular weight excluding hydrogens is 881 g/mol. The summed E-state index contributed by atoms with van der Waals surface area (Å²) in [6, 6.07) is 79.4. The Kier molecular flexibility index (Phi) is 8.67. The van der Waals surface area contributed by atoms with Crippen molar-refractivity contribution in [1.82, 2.24) is 18.3 Å². The maximum atomic E-state index is 11.9. The lowest BCUT2D eigenvalue weighted by Gasteiger charge is -2.27. The minimum absolute atomic E-state index is 0.0701. The van der Waals surface area contributed by atoms with E-state index in [1.54, 1.807) is 0 Å². The third-order valence-corrected chi connectivity index (χ3v) is 14.5. The van der Waals surface area contributed by atoms with Crippen molar-refractivity contribution >= 4 is 87.2 Å². The average molecular weight is 915 g/mol. The molecule has 0 saturated heterocycles. The number of hydrogen-bond acceptors (Lipinski definition) is 4. The third-order valence-electron chi connectivity index (χ3n) is 14.5. The summed E-state index contributed by atoms with van der Waals surface area (Å²) in [5.74, 6) is 0. The Morgan fingerprint density at radius 3 is 0.667 bits per heavy atom. The summed E-state index contributed by atoms with van der Waals surface area (Å²) < 4.78 is 8.75. The van der Waals surface area contributed by atoms with E-state index >= 15 is 0 Å². The molecule has 0 N–H and O–H groups in total. The van der Waals surface area contributed by atoms with Crippen molar-refractivity contribution in [3.8, 4) is 58.2 Å². The smallest absolute Gasteiger partial charge is 0.101 e. The average Bonchev–Trinajstić information content (AvgIpc) is 4.17. The van der Waals surface area contributed by atoms with Crippen molar-refractivity contribution in [2.45, 2.75) is 0 Å². The van der Waals surface area contributed by atoms with Crippen molar-refractivity contribution < 1.29 is 0 Å². The summed E-state index contributed by atoms with van der Waals surface area (Å²) in [5, 5.41) is 54.8. The Morgan fingerprint density at radius 1 is 0.250 bits per heavy atom. The van der Waals surface area contributed by atoms with Gasteiger partial charge in [0.25, 0.3) is 0 Å². The van der Waals surface area contributed by atoms with Gasteiger partial charge in [-0.3, -0.25) is 0 Å². The normalized spacial score (nSPS) is 11.6. The van der Waals surface area contributed by atoms with Crippen LogP contribution in [0.15, 0.2) is 206 Å². The van der Waals surface area contributed by atoms with Crippen LogP contribution in [0.1, 0.15) is 22.3 Å². The molecule has 330 valence electrons. The van der Waals surface area contributed by atoms with Gasteiger partial charge in [-0.15, -0.1) is 0 Å². The second-order valence-electron chi connectivity index (χ2n) is 18.0. The van der Waals surface area contributed by atoms with E-state index in [4.69, 9.17) is 0 Å². The quantitative estimate of drug-likeness (QED) is 0.171. The Labute approximate surface area is 411 Å². The molecule has 72 heavy (non-hydrogen) atoms. The molecule has 4 heterocycles. The standard InChI is InChI=1S/C64H34N8/c65-35-39-33-59(69-51-25-9-1-17-41(51)42-18-2-10-26-52(42)69)63(71-55-29-13-5-21-45(55)46-22-6-14-30-56(46)71)61(49(39)37-67)62-50(38-68)40(36-66)34-60(70-53-27-11-3-19-43(53)44-20-4-12-28-54(44)70)64(62)72-57-31-15-7-23-47(57)48-24-8-16-32-58(48)72/h1-34H. The first kappa shape index (κ1) is 40.4. The lowest BCUT2D eigenvalue weighted by molar-refractivity contribution is 1.07. The zero-order valence-corrected chi connectivity index (χ0v) is 38.2. The van der Waals surface area contributed by atoms with Crippen molar-refractivity contribution in [2.24, 2.45) is 0 Å². The van der Waals surface area contributed by atoms with Crippen LogP contribution in [0.2, 0.25) is 0 Å². The first-order chi connectivity index (χ1) is 35.6. The second-order valence-corrected chi connectivity index (χ2v) is 18.0. The molecule has 0 amide bonds. The van der Waals surface area contributed by atoms with Crippen molar-refractivity contribution in [1.29, 1.82) is 21.0 Å². The molecule has 0 aliphatic rings. The first-order valence-electron chi connectivity index (χ1n) is 23.6. The minimum Gasteiger partial charge on any atom is -0.307 e. The van der Waals surface area contributed by atoms with E-state index in [9.17, 15) is 21.0 Å². The molecule has 8 heteroatoms. The number of aromatic nitrogens is 4. The summed E-state index contributed by atoms with van der Waals surface area (Å²) in [6.45, 7) is 0. The van der Waals surface area contributed by atoms with Gasteiger partial charge in [-0.05, 0) is 60.7 Å². The lowest BCUT2D eigenvalue weighted by atomic mass is 9.86. The van der Waals surface area contributed by atoms with Crippen molar-refractivity contribution in [2.75, 3.05) is 0 Å². The van der Waals surface area contributed by atoms with Crippen LogP contribution in [0.25, 0.3) is 121 Å². The van der Waals surface area contributed by atoms with E-state index in [0.717, 1.165) is 87.2 Å². The van der Waals surface area contributed by atoms with E-state index in [2.05, 4.69) is 140 Å². The van der Waals surface area contributed by atoms with E-state index in [1.165, 1.54) is 0 Å². The van der Waals surface area contributed by atoms with Crippen molar-refractivity contribution in [3.05, 3.63) is 229 Å². The van der Waals surface area contributed by atoms with Crippen LogP contribution >= 0.6 is 0 Å². The maximum absolute atomic E-state index is 11.9. The van der Waals surface area contributed by atoms with Gasteiger partial charge in [0.1, 0.15) is 24.3 Å². The van der Waals surface area contributed by atoms with E-state index in [0.29, 0.717) is 33.9 Å². The van der Waals surface area contributed by atoms with E-state index < -0.39 is 0 Å². The van der Waals surface area contributed by atoms with E-state index in [1.807, 2.05) is 109 Å². The lowest BCUT2D eigenvalue weighted by Crippen LogP contribution is -2.13. The van der Waals surface area contributed by atoms with Gasteiger partial charge in [0.05, 0.1) is 89.1 Å². The van der Waals surface area contributed by atoms with Crippen LogP contribution in [-0.4, -0.2) is 18.3 Å². The fourth-order valence-electron chi connectivity index (χ4n) is 11.7. The highest BCUT2D eigenvalue weighted by atomic mass is 15.1. The fourth-order valence-corrected chi connectivity index (χ4v) is 11.7. The van der Waals surface area contributed by atoms with Gasteiger partial charge in [0.2, 0.25) is 0 Å². The summed E-state index contributed by atoms with van der Waals surface area (Å²) in [5.41, 5.74) is 10.4. The predicted molar refractivity (Wildman–Crippen MR) is 288 cm³/mol. The Balaban J connectivity index is 1.32. The summed E-state index contributed by atoms with van der Waals surface area (Å²) >= 11 is 0. The molecule has 0 aliphatic heterocycles. The van der Waals surface area contributed by atoms with Gasteiger partial charge in [-0.25, -0.2) is 0 Å². The molecule has 0 unspecified atom stereocenters. The summed E-state index contributed by atoms with van der Waals surface area (Å²) in [6.07, 6.45) is 0. The van der Waals surface area contributed by atoms with Gasteiger partial charge >= 0.3 is 0 Å². The van der Waals surface area contributed by atoms with E-state index in [-0.39, 0.29) is 22.3 Å². The molecule has 14 aromatic rings. The number of nitriles is 4. The van der Waals surface area contributed by atoms with Crippen LogP contribution < -0.4 is 0 Å². The predicted octanol–water partition coefficient (Wildman–Crippen LogP) is 15.2. The maximum Gasteiger partial charge on any atom is 0.101 e. The summed E-state index contributed by atoms with van der Waals surface area (Å²) in [7, 11) is 0. The highest BCUT2D eigenvalue weighted by Crippen LogP contribution is 2.50. The molecule has 0 saturated carbocycles. The first-order valence-corrected chi connectivity index (χ1v) is 23.6. The second kappa shape index (κ2) is 15.4. The van der Waals surface area contributed by atoms with Gasteiger partial charge < -0.3 is 18.3 Å². The molecule has 0 atom stereocenters. The Bertz CT molecular complexity index is 4350. The minimum atomic E-state index is 0.0701. The van der Waals surface area contributed by atoms with Crippen LogP contribution in [0.3, 0.4) is 0 Å². The molecule has 10 aromatic carbocycles. The number of para-hydroxylation sites is 8. The Hall–Kier alpha value is -10.6. The number of fused-ring (bicyclic) bond motifs is 12. The monoisotopic (exact) mass is 914 g/mol. The highest BCUT2D eigenvalue weighted by molar-refractivity contribution is 6.16. The Morgan fingerprint density at radius 2 is 0.458 bits per heavy atom. The number of benzene rings is 10. The molecular formula is C64H34N8. The molecule has 8 nitrogen and oxygen atoms in total. The molecule has 0 bridgehead atoms. The topological polar surface area (TPSA) is 115 Å². The third kappa shape index (κ3) is 5.41. The molecule has 0 radical (unpaired) electrons. The molecule has 14 rings (SSSR count). The van der Waals surface area contributed by atoms with Gasteiger partial charge in [-0.1, -0.05) is 146 Å². The zero-order valence-electron chi connectivity index (χ0n) is 38.2. The molecule has 0 spiro atoms. The van der Waals surface area contributed by atoms with Crippen LogP contribution in [-0.2, 0) is 0 Å².